The first kappa shape index (κ1) is 31.4. The van der Waals surface area contributed by atoms with E-state index in [9.17, 15) is 0 Å². The molecule has 0 amide bonds. The van der Waals surface area contributed by atoms with Crippen molar-refractivity contribution in [1.29, 1.82) is 0 Å². The van der Waals surface area contributed by atoms with Crippen molar-refractivity contribution >= 4 is 81.7 Å². The highest BCUT2D eigenvalue weighted by Gasteiger charge is 2.25. The van der Waals surface area contributed by atoms with E-state index in [4.69, 9.17) is 9.97 Å². The van der Waals surface area contributed by atoms with E-state index in [-0.39, 0.29) is 0 Å². The van der Waals surface area contributed by atoms with Crippen LogP contribution in [0.15, 0.2) is 194 Å². The third kappa shape index (κ3) is 4.29. The SMILES string of the molecule is c1ccc(-c2ccc(-c3cc4nc(-n5c6cccc7c8cccc9c%10ccccc%10n(c%10cccc5c%10c76)c89)c(-c5ccccc5)nc4c4ccccc34)cc2)cc1. The van der Waals surface area contributed by atoms with E-state index in [1.54, 1.807) is 0 Å². The highest BCUT2D eigenvalue weighted by Crippen LogP contribution is 2.45. The maximum absolute atomic E-state index is 5.72. The molecule has 4 heterocycles. The van der Waals surface area contributed by atoms with Crippen molar-refractivity contribution in [2.24, 2.45) is 0 Å². The zero-order chi connectivity index (χ0) is 37.9. The molecule has 268 valence electrons. The summed E-state index contributed by atoms with van der Waals surface area (Å²) in [6.07, 6.45) is 0. The summed E-state index contributed by atoms with van der Waals surface area (Å²) in [6.45, 7) is 0. The summed E-state index contributed by atoms with van der Waals surface area (Å²) >= 11 is 0. The number of para-hydroxylation sites is 2. The minimum absolute atomic E-state index is 0.810. The largest absolute Gasteiger partial charge is 0.308 e. The third-order valence-corrected chi connectivity index (χ3v) is 12.2. The Bertz CT molecular complexity index is 3770. The lowest BCUT2D eigenvalue weighted by molar-refractivity contribution is 1.08. The van der Waals surface area contributed by atoms with Crippen molar-refractivity contribution in [1.82, 2.24) is 18.9 Å². The first-order valence-electron chi connectivity index (χ1n) is 19.8. The normalized spacial score (nSPS) is 12.1. The Morgan fingerprint density at radius 3 is 1.67 bits per heavy atom. The fourth-order valence-electron chi connectivity index (χ4n) is 9.75. The lowest BCUT2D eigenvalue weighted by Gasteiger charge is -2.16. The summed E-state index contributed by atoms with van der Waals surface area (Å²) in [7, 11) is 0. The average molecular weight is 737 g/mol. The summed E-state index contributed by atoms with van der Waals surface area (Å²) < 4.78 is 4.85. The molecule has 0 unspecified atom stereocenters. The van der Waals surface area contributed by atoms with Crippen LogP contribution in [-0.2, 0) is 0 Å². The Kier molecular flexibility index (Phi) is 6.41. The monoisotopic (exact) mass is 736 g/mol. The van der Waals surface area contributed by atoms with Crippen LogP contribution >= 0.6 is 0 Å². The smallest absolute Gasteiger partial charge is 0.165 e. The molecular formula is C54H32N4. The summed E-state index contributed by atoms with van der Waals surface area (Å²) in [6, 6.07) is 69.9. The molecule has 0 atom stereocenters. The number of rotatable bonds is 4. The van der Waals surface area contributed by atoms with Gasteiger partial charge in [-0.15, -0.1) is 0 Å². The standard InChI is InChI=1S/C54H32N4/c1-3-14-33(15-4-1)34-28-30-35(31-29-34)43-32-44-52(40-20-8-7-18-37(40)43)56-51(36-16-5-2-6-17-36)54(55-44)58-46-25-12-21-39-42-23-11-22-41-38-19-9-10-24-45(38)57(53(41)42)47-26-13-27-48(58)50(47)49(39)46/h1-32H. The van der Waals surface area contributed by atoms with Gasteiger partial charge in [0, 0.05) is 37.9 Å². The van der Waals surface area contributed by atoms with Gasteiger partial charge in [-0.05, 0) is 63.4 Å². The fraction of sp³-hybridized carbons (Fsp3) is 0. The molecule has 58 heavy (non-hydrogen) atoms. The van der Waals surface area contributed by atoms with Gasteiger partial charge in [0.1, 0.15) is 5.69 Å². The highest BCUT2D eigenvalue weighted by molar-refractivity contribution is 6.31. The van der Waals surface area contributed by atoms with Gasteiger partial charge in [-0.25, -0.2) is 9.97 Å². The first-order chi connectivity index (χ1) is 28.8. The van der Waals surface area contributed by atoms with Gasteiger partial charge in [0.2, 0.25) is 0 Å². The van der Waals surface area contributed by atoms with E-state index in [2.05, 4.69) is 203 Å². The van der Waals surface area contributed by atoms with Crippen LogP contribution in [0.5, 0.6) is 0 Å². The lowest BCUT2D eigenvalue weighted by atomic mass is 9.95. The quantitative estimate of drug-likeness (QED) is 0.169. The molecule has 13 aromatic rings. The molecule has 0 aliphatic rings. The Morgan fingerprint density at radius 2 is 0.879 bits per heavy atom. The van der Waals surface area contributed by atoms with Crippen LogP contribution in [0.3, 0.4) is 0 Å². The van der Waals surface area contributed by atoms with Crippen LogP contribution in [-0.4, -0.2) is 18.9 Å². The zero-order valence-electron chi connectivity index (χ0n) is 31.3. The second-order valence-corrected chi connectivity index (χ2v) is 15.3. The van der Waals surface area contributed by atoms with Gasteiger partial charge in [0.25, 0.3) is 0 Å². The minimum atomic E-state index is 0.810. The van der Waals surface area contributed by atoms with Crippen LogP contribution in [0.2, 0.25) is 0 Å². The minimum Gasteiger partial charge on any atom is -0.308 e. The van der Waals surface area contributed by atoms with E-state index in [0.29, 0.717) is 0 Å². The van der Waals surface area contributed by atoms with Crippen molar-refractivity contribution < 1.29 is 0 Å². The Labute approximate surface area is 332 Å². The van der Waals surface area contributed by atoms with Crippen LogP contribution < -0.4 is 0 Å². The molecule has 0 radical (unpaired) electrons. The molecule has 0 spiro atoms. The molecule has 0 aliphatic carbocycles. The maximum Gasteiger partial charge on any atom is 0.165 e. The second kappa shape index (κ2) is 11.8. The number of nitrogens with zero attached hydrogens (tertiary/aromatic N) is 4. The van der Waals surface area contributed by atoms with E-state index < -0.39 is 0 Å². The van der Waals surface area contributed by atoms with E-state index in [1.165, 1.54) is 60.0 Å². The first-order valence-corrected chi connectivity index (χ1v) is 19.8. The second-order valence-electron chi connectivity index (χ2n) is 15.3. The molecule has 0 fully saturated rings. The molecular weight excluding hydrogens is 705 g/mol. The van der Waals surface area contributed by atoms with Crippen molar-refractivity contribution in [3.05, 3.63) is 194 Å². The highest BCUT2D eigenvalue weighted by atomic mass is 15.1. The zero-order valence-corrected chi connectivity index (χ0v) is 31.3. The molecule has 0 saturated heterocycles. The summed E-state index contributed by atoms with van der Waals surface area (Å²) in [4.78, 5) is 11.3. The topological polar surface area (TPSA) is 35.1 Å². The van der Waals surface area contributed by atoms with Crippen molar-refractivity contribution in [3.8, 4) is 39.3 Å². The molecule has 0 aliphatic heterocycles. The van der Waals surface area contributed by atoms with Gasteiger partial charge >= 0.3 is 0 Å². The van der Waals surface area contributed by atoms with Crippen LogP contribution in [0.25, 0.3) is 121 Å². The molecule has 4 aromatic heterocycles. The van der Waals surface area contributed by atoms with Crippen molar-refractivity contribution in [2.45, 2.75) is 0 Å². The summed E-state index contributed by atoms with van der Waals surface area (Å²) in [5, 5.41) is 9.67. The molecule has 13 rings (SSSR count). The molecule has 0 N–H and O–H groups in total. The van der Waals surface area contributed by atoms with Crippen LogP contribution in [0.4, 0.5) is 0 Å². The Morgan fingerprint density at radius 1 is 0.345 bits per heavy atom. The number of benzene rings is 9. The third-order valence-electron chi connectivity index (χ3n) is 12.2. The van der Waals surface area contributed by atoms with Gasteiger partial charge in [-0.2, -0.15) is 0 Å². The lowest BCUT2D eigenvalue weighted by Crippen LogP contribution is -2.04. The van der Waals surface area contributed by atoms with Gasteiger partial charge in [0.15, 0.2) is 5.82 Å². The molecule has 0 saturated carbocycles. The number of hydrogen-bond donors (Lipinski definition) is 0. The van der Waals surface area contributed by atoms with Crippen LogP contribution in [0.1, 0.15) is 0 Å². The van der Waals surface area contributed by atoms with Gasteiger partial charge in [0.05, 0.1) is 38.6 Å². The van der Waals surface area contributed by atoms with Gasteiger partial charge in [-0.1, -0.05) is 164 Å². The van der Waals surface area contributed by atoms with Crippen molar-refractivity contribution in [3.63, 3.8) is 0 Å². The average Bonchev–Trinajstić information content (AvgIpc) is 3.78. The summed E-state index contributed by atoms with van der Waals surface area (Å²) in [5.74, 6) is 0.810. The predicted octanol–water partition coefficient (Wildman–Crippen LogP) is 14.0. The Hall–Kier alpha value is -7.82. The number of hydrogen-bond acceptors (Lipinski definition) is 2. The Balaban J connectivity index is 1.16. The van der Waals surface area contributed by atoms with Gasteiger partial charge < -0.3 is 4.40 Å². The fourth-order valence-corrected chi connectivity index (χ4v) is 9.75. The van der Waals surface area contributed by atoms with E-state index in [1.807, 2.05) is 0 Å². The molecule has 4 nitrogen and oxygen atoms in total. The summed E-state index contributed by atoms with van der Waals surface area (Å²) in [5.41, 5.74) is 14.1. The maximum atomic E-state index is 5.72. The number of aromatic nitrogens is 4. The van der Waals surface area contributed by atoms with E-state index >= 15 is 0 Å². The predicted molar refractivity (Wildman–Crippen MR) is 242 cm³/mol. The molecule has 0 bridgehead atoms. The van der Waals surface area contributed by atoms with Crippen LogP contribution in [0, 0.1) is 0 Å². The van der Waals surface area contributed by atoms with Crippen molar-refractivity contribution in [2.75, 3.05) is 0 Å². The number of fused-ring (bicyclic) bond motifs is 8. The van der Waals surface area contributed by atoms with Gasteiger partial charge in [-0.3, -0.25) is 4.57 Å². The molecule has 4 heteroatoms. The molecule has 9 aromatic carbocycles. The van der Waals surface area contributed by atoms with E-state index in [0.717, 1.165) is 61.0 Å².